The summed E-state index contributed by atoms with van der Waals surface area (Å²) in [5, 5.41) is 0. The second-order valence-corrected chi connectivity index (χ2v) is 3.88. The first kappa shape index (κ1) is 12.2. The minimum absolute atomic E-state index is 0.105. The SMILES string of the molecule is COC(=O)C(CON)c1ccc(Br)cc1. The van der Waals surface area contributed by atoms with Gasteiger partial charge in [0.1, 0.15) is 5.92 Å². The van der Waals surface area contributed by atoms with Crippen molar-refractivity contribution in [3.05, 3.63) is 34.3 Å². The van der Waals surface area contributed by atoms with Gasteiger partial charge in [-0.3, -0.25) is 4.79 Å². The summed E-state index contributed by atoms with van der Waals surface area (Å²) in [6, 6.07) is 7.35. The van der Waals surface area contributed by atoms with Crippen molar-refractivity contribution in [1.82, 2.24) is 0 Å². The molecule has 4 nitrogen and oxygen atoms in total. The van der Waals surface area contributed by atoms with E-state index in [1.807, 2.05) is 24.3 Å². The molecule has 0 aromatic heterocycles. The summed E-state index contributed by atoms with van der Waals surface area (Å²) >= 11 is 3.32. The van der Waals surface area contributed by atoms with Gasteiger partial charge in [0.05, 0.1) is 13.7 Å². The number of methoxy groups -OCH3 is 1. The molecule has 1 aromatic carbocycles. The fourth-order valence-electron chi connectivity index (χ4n) is 1.23. The number of carbonyl (C=O) groups is 1. The Kier molecular flexibility index (Phi) is 4.74. The normalized spacial score (nSPS) is 12.2. The maximum atomic E-state index is 11.4. The molecule has 82 valence electrons. The molecule has 1 rings (SSSR count). The van der Waals surface area contributed by atoms with E-state index in [2.05, 4.69) is 25.5 Å². The van der Waals surface area contributed by atoms with Crippen molar-refractivity contribution in [1.29, 1.82) is 0 Å². The molecule has 0 aliphatic heterocycles. The van der Waals surface area contributed by atoms with E-state index >= 15 is 0 Å². The van der Waals surface area contributed by atoms with Gasteiger partial charge in [-0.1, -0.05) is 28.1 Å². The molecule has 0 spiro atoms. The zero-order valence-corrected chi connectivity index (χ0v) is 9.86. The summed E-state index contributed by atoms with van der Waals surface area (Å²) in [7, 11) is 1.34. The van der Waals surface area contributed by atoms with Gasteiger partial charge < -0.3 is 9.57 Å². The molecule has 0 heterocycles. The number of nitrogens with two attached hydrogens (primary N) is 1. The molecule has 1 atom stereocenters. The number of ether oxygens (including phenoxy) is 1. The summed E-state index contributed by atoms with van der Waals surface area (Å²) in [6.45, 7) is 0.105. The summed E-state index contributed by atoms with van der Waals surface area (Å²) in [5.74, 6) is 4.13. The van der Waals surface area contributed by atoms with Crippen molar-refractivity contribution in [2.45, 2.75) is 5.92 Å². The molecule has 5 heteroatoms. The summed E-state index contributed by atoms with van der Waals surface area (Å²) in [5.41, 5.74) is 0.815. The molecule has 0 aliphatic rings. The zero-order chi connectivity index (χ0) is 11.3. The van der Waals surface area contributed by atoms with Gasteiger partial charge in [-0.05, 0) is 17.7 Å². The molecule has 2 N–H and O–H groups in total. The number of esters is 1. The molecule has 0 bridgehead atoms. The summed E-state index contributed by atoms with van der Waals surface area (Å²) in [4.78, 5) is 15.9. The van der Waals surface area contributed by atoms with Gasteiger partial charge in [-0.25, -0.2) is 5.90 Å². The predicted molar refractivity (Wildman–Crippen MR) is 59.0 cm³/mol. The van der Waals surface area contributed by atoms with Gasteiger partial charge in [-0.15, -0.1) is 0 Å². The average Bonchev–Trinajstić information content (AvgIpc) is 2.26. The second-order valence-electron chi connectivity index (χ2n) is 2.96. The van der Waals surface area contributed by atoms with E-state index in [0.717, 1.165) is 10.0 Å². The van der Waals surface area contributed by atoms with Gasteiger partial charge in [0.25, 0.3) is 0 Å². The third-order valence-corrected chi connectivity index (χ3v) is 2.55. The average molecular weight is 274 g/mol. The van der Waals surface area contributed by atoms with Crippen LogP contribution >= 0.6 is 15.9 Å². The number of carbonyl (C=O) groups excluding carboxylic acids is 1. The van der Waals surface area contributed by atoms with Gasteiger partial charge in [0.15, 0.2) is 0 Å². The van der Waals surface area contributed by atoms with Crippen LogP contribution < -0.4 is 5.90 Å². The van der Waals surface area contributed by atoms with E-state index in [0.29, 0.717) is 0 Å². The highest BCUT2D eigenvalue weighted by Gasteiger charge is 2.21. The number of rotatable bonds is 4. The lowest BCUT2D eigenvalue weighted by molar-refractivity contribution is -0.144. The topological polar surface area (TPSA) is 61.5 Å². The van der Waals surface area contributed by atoms with E-state index in [9.17, 15) is 4.79 Å². The fraction of sp³-hybridized carbons (Fsp3) is 0.300. The Morgan fingerprint density at radius 1 is 1.47 bits per heavy atom. The Morgan fingerprint density at radius 2 is 2.07 bits per heavy atom. The molecule has 1 aromatic rings. The summed E-state index contributed by atoms with van der Waals surface area (Å²) < 4.78 is 5.61. The van der Waals surface area contributed by atoms with Gasteiger partial charge in [0.2, 0.25) is 0 Å². The Hall–Kier alpha value is -0.910. The minimum Gasteiger partial charge on any atom is -0.468 e. The Bertz CT molecular complexity index is 326. The second kappa shape index (κ2) is 5.85. The number of benzene rings is 1. The molecular weight excluding hydrogens is 262 g/mol. The third-order valence-electron chi connectivity index (χ3n) is 2.02. The molecular formula is C10H12BrNO3. The van der Waals surface area contributed by atoms with Crippen LogP contribution in [-0.4, -0.2) is 19.7 Å². The molecule has 0 saturated heterocycles. The maximum absolute atomic E-state index is 11.4. The van der Waals surface area contributed by atoms with Crippen molar-refractivity contribution >= 4 is 21.9 Å². The lowest BCUT2D eigenvalue weighted by Crippen LogP contribution is -2.21. The standard InChI is InChI=1S/C10H12BrNO3/c1-14-10(13)9(6-15-12)7-2-4-8(11)5-3-7/h2-5,9H,6,12H2,1H3. The minimum atomic E-state index is -0.479. The number of hydrogen-bond donors (Lipinski definition) is 1. The van der Waals surface area contributed by atoms with E-state index in [1.54, 1.807) is 0 Å². The molecule has 0 fully saturated rings. The highest BCUT2D eigenvalue weighted by Crippen LogP contribution is 2.20. The quantitative estimate of drug-likeness (QED) is 0.669. The molecule has 15 heavy (non-hydrogen) atoms. The van der Waals surface area contributed by atoms with Crippen LogP contribution in [0.3, 0.4) is 0 Å². The van der Waals surface area contributed by atoms with Crippen molar-refractivity contribution in [3.8, 4) is 0 Å². The molecule has 0 radical (unpaired) electrons. The van der Waals surface area contributed by atoms with E-state index in [-0.39, 0.29) is 12.6 Å². The van der Waals surface area contributed by atoms with Gasteiger partial charge in [-0.2, -0.15) is 0 Å². The summed E-state index contributed by atoms with van der Waals surface area (Å²) in [6.07, 6.45) is 0. The molecule has 0 amide bonds. The highest BCUT2D eigenvalue weighted by atomic mass is 79.9. The van der Waals surface area contributed by atoms with Crippen molar-refractivity contribution < 1.29 is 14.4 Å². The van der Waals surface area contributed by atoms with Crippen LogP contribution in [0.4, 0.5) is 0 Å². The van der Waals surface area contributed by atoms with Crippen LogP contribution in [0.2, 0.25) is 0 Å². The van der Waals surface area contributed by atoms with E-state index in [4.69, 9.17) is 5.90 Å². The van der Waals surface area contributed by atoms with Crippen molar-refractivity contribution in [2.75, 3.05) is 13.7 Å². The van der Waals surface area contributed by atoms with E-state index in [1.165, 1.54) is 7.11 Å². The Balaban J connectivity index is 2.88. The van der Waals surface area contributed by atoms with Crippen LogP contribution in [0.25, 0.3) is 0 Å². The van der Waals surface area contributed by atoms with Gasteiger partial charge in [0, 0.05) is 4.47 Å². The first-order valence-electron chi connectivity index (χ1n) is 4.34. The molecule has 0 saturated carbocycles. The molecule has 0 aliphatic carbocycles. The van der Waals surface area contributed by atoms with Crippen molar-refractivity contribution in [2.24, 2.45) is 5.90 Å². The lowest BCUT2D eigenvalue weighted by Gasteiger charge is -2.13. The number of halogens is 1. The smallest absolute Gasteiger partial charge is 0.315 e. The van der Waals surface area contributed by atoms with Crippen LogP contribution in [0, 0.1) is 0 Å². The first-order valence-corrected chi connectivity index (χ1v) is 5.13. The van der Waals surface area contributed by atoms with Gasteiger partial charge >= 0.3 is 5.97 Å². The number of hydrogen-bond acceptors (Lipinski definition) is 4. The molecule has 1 unspecified atom stereocenters. The lowest BCUT2D eigenvalue weighted by atomic mass is 10.0. The maximum Gasteiger partial charge on any atom is 0.315 e. The van der Waals surface area contributed by atoms with Crippen LogP contribution in [0.15, 0.2) is 28.7 Å². The monoisotopic (exact) mass is 273 g/mol. The zero-order valence-electron chi connectivity index (χ0n) is 8.27. The Morgan fingerprint density at radius 3 is 2.53 bits per heavy atom. The Labute approximate surface area is 96.4 Å². The van der Waals surface area contributed by atoms with Crippen LogP contribution in [-0.2, 0) is 14.4 Å². The van der Waals surface area contributed by atoms with Crippen LogP contribution in [0.5, 0.6) is 0 Å². The largest absolute Gasteiger partial charge is 0.468 e. The third kappa shape index (κ3) is 3.30. The van der Waals surface area contributed by atoms with Crippen LogP contribution in [0.1, 0.15) is 11.5 Å². The van der Waals surface area contributed by atoms with Crippen molar-refractivity contribution in [3.63, 3.8) is 0 Å². The first-order chi connectivity index (χ1) is 7.19. The predicted octanol–water partition coefficient (Wildman–Crippen LogP) is 1.60. The highest BCUT2D eigenvalue weighted by molar-refractivity contribution is 9.10. The fourth-order valence-corrected chi connectivity index (χ4v) is 1.50. The van der Waals surface area contributed by atoms with E-state index < -0.39 is 5.92 Å².